The van der Waals surface area contributed by atoms with Gasteiger partial charge in [0.1, 0.15) is 5.75 Å². The minimum absolute atomic E-state index is 0.0545. The number of amides is 2. The summed E-state index contributed by atoms with van der Waals surface area (Å²) in [5.41, 5.74) is 2.21. The molecular weight excluding hydrogens is 330 g/mol. The Balaban J connectivity index is 1.46. The van der Waals surface area contributed by atoms with Crippen LogP contribution in [0.25, 0.3) is 0 Å². The van der Waals surface area contributed by atoms with E-state index in [1.807, 2.05) is 35.1 Å². The average molecular weight is 355 g/mol. The molecule has 138 valence electrons. The molecule has 1 aromatic rings. The second-order valence-corrected chi connectivity index (χ2v) is 7.31. The van der Waals surface area contributed by atoms with E-state index in [0.29, 0.717) is 30.0 Å². The smallest absolute Gasteiger partial charge is 0.256 e. The molecule has 0 unspecified atom stereocenters. The Hall–Kier alpha value is -2.37. The van der Waals surface area contributed by atoms with Crippen molar-refractivity contribution in [2.24, 2.45) is 4.99 Å². The Morgan fingerprint density at radius 2 is 2.04 bits per heavy atom. The fraction of sp³-hybridized carbons (Fsp3) is 0.550. The Bertz CT molecular complexity index is 753. The van der Waals surface area contributed by atoms with Crippen LogP contribution < -0.4 is 4.74 Å². The second kappa shape index (κ2) is 7.09. The lowest BCUT2D eigenvalue weighted by atomic mass is 10.1. The molecule has 0 aromatic heterocycles. The van der Waals surface area contributed by atoms with Crippen LogP contribution in [0.5, 0.6) is 5.75 Å². The van der Waals surface area contributed by atoms with Crippen molar-refractivity contribution >= 4 is 23.7 Å². The monoisotopic (exact) mass is 355 g/mol. The summed E-state index contributed by atoms with van der Waals surface area (Å²) in [6.45, 7) is 4.81. The van der Waals surface area contributed by atoms with Crippen LogP contribution in [-0.2, 0) is 4.79 Å². The summed E-state index contributed by atoms with van der Waals surface area (Å²) in [7, 11) is 0. The van der Waals surface area contributed by atoms with Crippen LogP contribution in [-0.4, -0.2) is 60.1 Å². The highest BCUT2D eigenvalue weighted by atomic mass is 16.5. The molecule has 2 saturated heterocycles. The number of carbonyl (C=O) groups is 2. The van der Waals surface area contributed by atoms with Crippen LogP contribution in [0.4, 0.5) is 5.69 Å². The van der Waals surface area contributed by atoms with E-state index in [-0.39, 0.29) is 17.9 Å². The van der Waals surface area contributed by atoms with Crippen LogP contribution >= 0.6 is 0 Å². The van der Waals surface area contributed by atoms with E-state index in [4.69, 9.17) is 4.74 Å². The topological polar surface area (TPSA) is 62.2 Å². The lowest BCUT2D eigenvalue weighted by Crippen LogP contribution is -2.35. The Labute approximate surface area is 153 Å². The van der Waals surface area contributed by atoms with Gasteiger partial charge in [-0.3, -0.25) is 14.6 Å². The van der Waals surface area contributed by atoms with Gasteiger partial charge in [-0.15, -0.1) is 0 Å². The van der Waals surface area contributed by atoms with Crippen molar-refractivity contribution in [1.82, 2.24) is 9.80 Å². The maximum absolute atomic E-state index is 12.8. The Morgan fingerprint density at radius 1 is 1.23 bits per heavy atom. The highest BCUT2D eigenvalue weighted by molar-refractivity contribution is 6.03. The second-order valence-electron chi connectivity index (χ2n) is 7.31. The fourth-order valence-electron chi connectivity index (χ4n) is 4.00. The zero-order valence-electron chi connectivity index (χ0n) is 15.2. The molecule has 0 aliphatic carbocycles. The standard InChI is InChI=1S/C20H25N3O3/c1-14-11-16-17(21-13-15-5-4-9-23(15)20(16)25)12-18(14)26-10-6-19(24)22-7-2-3-8-22/h11-13,15H,2-10H2,1H3/t15-/m0/s1. The van der Waals surface area contributed by atoms with E-state index in [2.05, 4.69) is 4.99 Å². The molecule has 6 heteroatoms. The lowest BCUT2D eigenvalue weighted by molar-refractivity contribution is -0.130. The number of rotatable bonds is 4. The maximum atomic E-state index is 12.8. The van der Waals surface area contributed by atoms with Crippen molar-refractivity contribution in [1.29, 1.82) is 0 Å². The normalized spacial score (nSPS) is 21.6. The van der Waals surface area contributed by atoms with Crippen molar-refractivity contribution in [2.45, 2.75) is 45.1 Å². The van der Waals surface area contributed by atoms with Crippen LogP contribution in [0.15, 0.2) is 17.1 Å². The minimum atomic E-state index is 0.0545. The SMILES string of the molecule is Cc1cc2c(cc1OCCC(=O)N1CCCC1)N=C[C@@H]1CCCN1C2=O. The van der Waals surface area contributed by atoms with Gasteiger partial charge in [0, 0.05) is 31.9 Å². The molecule has 0 saturated carbocycles. The molecule has 3 aliphatic rings. The summed E-state index contributed by atoms with van der Waals surface area (Å²) < 4.78 is 5.86. The maximum Gasteiger partial charge on any atom is 0.256 e. The van der Waals surface area contributed by atoms with Gasteiger partial charge in [0.2, 0.25) is 5.91 Å². The first-order chi connectivity index (χ1) is 12.6. The number of likely N-dealkylation sites (tertiary alicyclic amines) is 1. The zero-order chi connectivity index (χ0) is 18.1. The predicted molar refractivity (Wildman–Crippen MR) is 99.3 cm³/mol. The van der Waals surface area contributed by atoms with Gasteiger partial charge in [0.15, 0.2) is 0 Å². The van der Waals surface area contributed by atoms with Gasteiger partial charge in [-0.25, -0.2) is 0 Å². The van der Waals surface area contributed by atoms with Crippen molar-refractivity contribution < 1.29 is 14.3 Å². The molecule has 6 nitrogen and oxygen atoms in total. The first-order valence-electron chi connectivity index (χ1n) is 9.54. The summed E-state index contributed by atoms with van der Waals surface area (Å²) in [6, 6.07) is 3.81. The third kappa shape index (κ3) is 3.20. The third-order valence-corrected chi connectivity index (χ3v) is 5.50. The molecule has 0 radical (unpaired) electrons. The number of nitrogens with zero attached hydrogens (tertiary/aromatic N) is 3. The summed E-state index contributed by atoms with van der Waals surface area (Å²) in [6.07, 6.45) is 6.47. The third-order valence-electron chi connectivity index (χ3n) is 5.50. The Morgan fingerprint density at radius 3 is 2.85 bits per heavy atom. The number of benzene rings is 1. The highest BCUT2D eigenvalue weighted by Gasteiger charge is 2.32. The van der Waals surface area contributed by atoms with E-state index in [1.165, 1.54) is 0 Å². The van der Waals surface area contributed by atoms with Gasteiger partial charge in [0.25, 0.3) is 5.91 Å². The number of carbonyl (C=O) groups excluding carboxylic acids is 2. The number of ether oxygens (including phenoxy) is 1. The molecule has 4 rings (SSSR count). The average Bonchev–Trinajstić information content (AvgIpc) is 3.30. The Kier molecular flexibility index (Phi) is 4.66. The summed E-state index contributed by atoms with van der Waals surface area (Å²) in [5, 5.41) is 0. The molecule has 0 spiro atoms. The fourth-order valence-corrected chi connectivity index (χ4v) is 4.00. The number of hydrogen-bond acceptors (Lipinski definition) is 4. The molecule has 0 bridgehead atoms. The van der Waals surface area contributed by atoms with Crippen LogP contribution in [0.2, 0.25) is 0 Å². The summed E-state index contributed by atoms with van der Waals surface area (Å²) in [5.74, 6) is 0.910. The number of aryl methyl sites for hydroxylation is 1. The van der Waals surface area contributed by atoms with E-state index in [1.54, 1.807) is 0 Å². The van der Waals surface area contributed by atoms with Crippen molar-refractivity contribution in [2.75, 3.05) is 26.2 Å². The number of aliphatic imine (C=N–C) groups is 1. The molecular formula is C20H25N3O3. The van der Waals surface area contributed by atoms with E-state index in [9.17, 15) is 9.59 Å². The minimum Gasteiger partial charge on any atom is -0.493 e. The zero-order valence-corrected chi connectivity index (χ0v) is 15.2. The largest absolute Gasteiger partial charge is 0.493 e. The van der Waals surface area contributed by atoms with Gasteiger partial charge in [-0.05, 0) is 44.2 Å². The summed E-state index contributed by atoms with van der Waals surface area (Å²) >= 11 is 0. The van der Waals surface area contributed by atoms with E-state index in [0.717, 1.165) is 50.9 Å². The van der Waals surface area contributed by atoms with Gasteiger partial charge >= 0.3 is 0 Å². The van der Waals surface area contributed by atoms with Crippen molar-refractivity contribution in [3.05, 3.63) is 23.3 Å². The van der Waals surface area contributed by atoms with Gasteiger partial charge in [-0.1, -0.05) is 0 Å². The predicted octanol–water partition coefficient (Wildman–Crippen LogP) is 2.71. The van der Waals surface area contributed by atoms with Gasteiger partial charge < -0.3 is 14.5 Å². The van der Waals surface area contributed by atoms with Gasteiger partial charge in [-0.2, -0.15) is 0 Å². The summed E-state index contributed by atoms with van der Waals surface area (Å²) in [4.78, 5) is 33.3. The van der Waals surface area contributed by atoms with Crippen molar-refractivity contribution in [3.63, 3.8) is 0 Å². The molecule has 1 atom stereocenters. The number of hydrogen-bond donors (Lipinski definition) is 0. The lowest BCUT2D eigenvalue weighted by Gasteiger charge is -2.20. The van der Waals surface area contributed by atoms with Crippen molar-refractivity contribution in [3.8, 4) is 5.75 Å². The van der Waals surface area contributed by atoms with Crippen LogP contribution in [0, 0.1) is 6.92 Å². The molecule has 3 heterocycles. The molecule has 1 aromatic carbocycles. The molecule has 2 fully saturated rings. The highest BCUT2D eigenvalue weighted by Crippen LogP contribution is 2.33. The van der Waals surface area contributed by atoms with E-state index < -0.39 is 0 Å². The molecule has 3 aliphatic heterocycles. The van der Waals surface area contributed by atoms with E-state index >= 15 is 0 Å². The first-order valence-corrected chi connectivity index (χ1v) is 9.54. The molecule has 0 N–H and O–H groups in total. The quantitative estimate of drug-likeness (QED) is 0.834. The molecule has 2 amide bonds. The van der Waals surface area contributed by atoms with Gasteiger partial charge in [0.05, 0.1) is 30.3 Å². The van der Waals surface area contributed by atoms with Crippen LogP contribution in [0.1, 0.15) is 48.0 Å². The van der Waals surface area contributed by atoms with Crippen LogP contribution in [0.3, 0.4) is 0 Å². The molecule has 26 heavy (non-hydrogen) atoms. The number of fused-ring (bicyclic) bond motifs is 2. The first kappa shape index (κ1) is 17.1.